The van der Waals surface area contributed by atoms with E-state index in [9.17, 15) is 8.42 Å². The zero-order valence-electron chi connectivity index (χ0n) is 12.7. The van der Waals surface area contributed by atoms with Gasteiger partial charge in [0.25, 0.3) is 0 Å². The van der Waals surface area contributed by atoms with Crippen LogP contribution in [0.1, 0.15) is 12.8 Å². The molecule has 2 rings (SSSR count). The highest BCUT2D eigenvalue weighted by molar-refractivity contribution is 7.89. The van der Waals surface area contributed by atoms with E-state index in [-0.39, 0.29) is 6.10 Å². The highest BCUT2D eigenvalue weighted by atomic mass is 32.2. The monoisotopic (exact) mass is 312 g/mol. The van der Waals surface area contributed by atoms with Crippen LogP contribution in [0.4, 0.5) is 0 Å². The lowest BCUT2D eigenvalue weighted by molar-refractivity contribution is 0.0149. The van der Waals surface area contributed by atoms with E-state index in [1.807, 2.05) is 20.2 Å². The van der Waals surface area contributed by atoms with Crippen molar-refractivity contribution in [3.8, 4) is 0 Å². The maximum absolute atomic E-state index is 12.5. The van der Waals surface area contributed by atoms with Crippen molar-refractivity contribution in [3.05, 3.63) is 30.3 Å². The van der Waals surface area contributed by atoms with Gasteiger partial charge in [-0.1, -0.05) is 18.2 Å². The first-order chi connectivity index (χ1) is 10.00. The van der Waals surface area contributed by atoms with Crippen LogP contribution in [0.2, 0.25) is 0 Å². The second-order valence-electron chi connectivity index (χ2n) is 5.59. The summed E-state index contributed by atoms with van der Waals surface area (Å²) in [5.74, 6) is 0. The summed E-state index contributed by atoms with van der Waals surface area (Å²) >= 11 is 0. The van der Waals surface area contributed by atoms with Gasteiger partial charge in [-0.25, -0.2) is 8.42 Å². The second-order valence-corrected chi connectivity index (χ2v) is 7.53. The Hall–Kier alpha value is -0.950. The summed E-state index contributed by atoms with van der Waals surface area (Å²) in [6.45, 7) is 2.65. The van der Waals surface area contributed by atoms with E-state index < -0.39 is 10.0 Å². The minimum absolute atomic E-state index is 0.173. The molecule has 1 aromatic carbocycles. The van der Waals surface area contributed by atoms with Crippen LogP contribution in [0.3, 0.4) is 0 Å². The molecule has 0 saturated carbocycles. The number of benzene rings is 1. The summed E-state index contributed by atoms with van der Waals surface area (Å²) in [7, 11) is 0.675. The van der Waals surface area contributed by atoms with Crippen LogP contribution in [0, 0.1) is 0 Å². The average molecular weight is 312 g/mol. The smallest absolute Gasteiger partial charge is 0.243 e. The number of ether oxygens (including phenoxy) is 1. The maximum Gasteiger partial charge on any atom is 0.243 e. The number of sulfonamides is 1. The molecule has 0 unspecified atom stereocenters. The Labute approximate surface area is 127 Å². The van der Waals surface area contributed by atoms with Gasteiger partial charge in [0, 0.05) is 19.6 Å². The van der Waals surface area contributed by atoms with Crippen molar-refractivity contribution in [3.63, 3.8) is 0 Å². The van der Waals surface area contributed by atoms with Gasteiger partial charge in [0.1, 0.15) is 0 Å². The Balaban J connectivity index is 1.86. The van der Waals surface area contributed by atoms with Crippen LogP contribution in [0.15, 0.2) is 35.2 Å². The molecular weight excluding hydrogens is 288 g/mol. The Morgan fingerprint density at radius 3 is 2.38 bits per heavy atom. The summed E-state index contributed by atoms with van der Waals surface area (Å²) in [5.41, 5.74) is 0. The van der Waals surface area contributed by atoms with Gasteiger partial charge in [-0.3, -0.25) is 0 Å². The number of hydrogen-bond acceptors (Lipinski definition) is 4. The standard InChI is InChI=1S/C15H24N2O3S/c1-16(2)12-13-20-14-8-10-17(11-9-14)21(18,19)15-6-4-3-5-7-15/h3-7,14H,8-13H2,1-2H3. The number of piperidine rings is 1. The Morgan fingerprint density at radius 1 is 1.19 bits per heavy atom. The van der Waals surface area contributed by atoms with Crippen LogP contribution in [0.5, 0.6) is 0 Å². The van der Waals surface area contributed by atoms with Gasteiger partial charge in [0.15, 0.2) is 0 Å². The van der Waals surface area contributed by atoms with Gasteiger partial charge in [-0.05, 0) is 39.1 Å². The average Bonchev–Trinajstić information content (AvgIpc) is 2.48. The van der Waals surface area contributed by atoms with E-state index in [1.54, 1.807) is 28.6 Å². The van der Waals surface area contributed by atoms with E-state index in [1.165, 1.54) is 0 Å². The largest absolute Gasteiger partial charge is 0.377 e. The molecule has 1 aromatic rings. The lowest BCUT2D eigenvalue weighted by atomic mass is 10.1. The number of hydrogen-bond donors (Lipinski definition) is 0. The van der Waals surface area contributed by atoms with E-state index in [0.29, 0.717) is 24.6 Å². The highest BCUT2D eigenvalue weighted by Gasteiger charge is 2.29. The van der Waals surface area contributed by atoms with Gasteiger partial charge >= 0.3 is 0 Å². The fourth-order valence-corrected chi connectivity index (χ4v) is 3.87. The lowest BCUT2D eigenvalue weighted by Gasteiger charge is -2.31. The van der Waals surface area contributed by atoms with Crippen LogP contribution in [-0.4, -0.2) is 64.1 Å². The molecule has 0 radical (unpaired) electrons. The molecule has 0 amide bonds. The molecule has 1 aliphatic rings. The Bertz CT molecular complexity index is 523. The summed E-state index contributed by atoms with van der Waals surface area (Å²) in [4.78, 5) is 2.45. The molecule has 118 valence electrons. The Kier molecular flexibility index (Phi) is 5.75. The molecule has 1 aliphatic heterocycles. The van der Waals surface area contributed by atoms with Crippen LogP contribution in [0.25, 0.3) is 0 Å². The van der Waals surface area contributed by atoms with Gasteiger partial charge in [-0.2, -0.15) is 4.31 Å². The highest BCUT2D eigenvalue weighted by Crippen LogP contribution is 2.21. The number of likely N-dealkylation sites (N-methyl/N-ethyl adjacent to an activating group) is 1. The summed E-state index contributed by atoms with van der Waals surface area (Å²) in [6.07, 6.45) is 1.70. The molecule has 6 heteroatoms. The van der Waals surface area contributed by atoms with Gasteiger partial charge < -0.3 is 9.64 Å². The van der Waals surface area contributed by atoms with Crippen LogP contribution >= 0.6 is 0 Å². The van der Waals surface area contributed by atoms with E-state index >= 15 is 0 Å². The first-order valence-electron chi connectivity index (χ1n) is 7.31. The first kappa shape index (κ1) is 16.4. The van der Waals surface area contributed by atoms with Gasteiger partial charge in [0.2, 0.25) is 10.0 Å². The fourth-order valence-electron chi connectivity index (χ4n) is 2.38. The second kappa shape index (κ2) is 7.35. The van der Waals surface area contributed by atoms with Crippen molar-refractivity contribution in [2.75, 3.05) is 40.3 Å². The molecule has 5 nitrogen and oxygen atoms in total. The molecule has 1 heterocycles. The normalized spacial score (nSPS) is 18.2. The molecular formula is C15H24N2O3S. The number of rotatable bonds is 6. The summed E-state index contributed by atoms with van der Waals surface area (Å²) < 4.78 is 32.3. The zero-order chi connectivity index (χ0) is 15.3. The molecule has 0 aromatic heterocycles. The van der Waals surface area contributed by atoms with E-state index in [0.717, 1.165) is 19.4 Å². The van der Waals surface area contributed by atoms with Gasteiger partial charge in [0.05, 0.1) is 17.6 Å². The minimum atomic E-state index is -3.35. The zero-order valence-corrected chi connectivity index (χ0v) is 13.6. The predicted molar refractivity (Wildman–Crippen MR) is 82.7 cm³/mol. The van der Waals surface area contributed by atoms with Crippen LogP contribution < -0.4 is 0 Å². The molecule has 1 fully saturated rings. The van der Waals surface area contributed by atoms with Crippen molar-refractivity contribution in [1.29, 1.82) is 0 Å². The predicted octanol–water partition coefficient (Wildman–Crippen LogP) is 1.42. The first-order valence-corrected chi connectivity index (χ1v) is 8.75. The minimum Gasteiger partial charge on any atom is -0.377 e. The van der Waals surface area contributed by atoms with E-state index in [4.69, 9.17) is 4.74 Å². The molecule has 0 spiro atoms. The molecule has 0 atom stereocenters. The third-order valence-corrected chi connectivity index (χ3v) is 5.59. The molecule has 0 bridgehead atoms. The molecule has 0 N–H and O–H groups in total. The molecule has 21 heavy (non-hydrogen) atoms. The summed E-state index contributed by atoms with van der Waals surface area (Å²) in [6, 6.07) is 8.63. The summed E-state index contributed by atoms with van der Waals surface area (Å²) in [5, 5.41) is 0. The maximum atomic E-state index is 12.5. The molecule has 1 saturated heterocycles. The van der Waals surface area contributed by atoms with Crippen molar-refractivity contribution < 1.29 is 13.2 Å². The lowest BCUT2D eigenvalue weighted by Crippen LogP contribution is -2.41. The topological polar surface area (TPSA) is 49.9 Å². The SMILES string of the molecule is CN(C)CCOC1CCN(S(=O)(=O)c2ccccc2)CC1. The number of nitrogens with zero attached hydrogens (tertiary/aromatic N) is 2. The quantitative estimate of drug-likeness (QED) is 0.797. The van der Waals surface area contributed by atoms with Crippen molar-refractivity contribution in [2.24, 2.45) is 0 Å². The van der Waals surface area contributed by atoms with Crippen molar-refractivity contribution >= 4 is 10.0 Å². The van der Waals surface area contributed by atoms with Gasteiger partial charge in [-0.15, -0.1) is 0 Å². The Morgan fingerprint density at radius 2 is 1.81 bits per heavy atom. The van der Waals surface area contributed by atoms with Crippen molar-refractivity contribution in [2.45, 2.75) is 23.8 Å². The third-order valence-electron chi connectivity index (χ3n) is 3.67. The van der Waals surface area contributed by atoms with Crippen LogP contribution in [-0.2, 0) is 14.8 Å². The van der Waals surface area contributed by atoms with Crippen molar-refractivity contribution in [1.82, 2.24) is 9.21 Å². The third kappa shape index (κ3) is 4.51. The fraction of sp³-hybridized carbons (Fsp3) is 0.600. The molecule has 0 aliphatic carbocycles. The van der Waals surface area contributed by atoms with E-state index in [2.05, 4.69) is 4.90 Å².